The molecule has 1 aliphatic rings. The van der Waals surface area contributed by atoms with E-state index in [1.807, 2.05) is 0 Å². The van der Waals surface area contributed by atoms with Crippen LogP contribution < -0.4 is 4.74 Å². The van der Waals surface area contributed by atoms with Crippen LogP contribution in [0.15, 0.2) is 18.2 Å². The van der Waals surface area contributed by atoms with Crippen molar-refractivity contribution in [3.8, 4) is 5.75 Å². The largest absolute Gasteiger partial charge is 0.493 e. The number of hydrogen-bond donors (Lipinski definition) is 0. The molecule has 1 aromatic carbocycles. The van der Waals surface area contributed by atoms with Gasteiger partial charge in [-0.2, -0.15) is 13.2 Å². The van der Waals surface area contributed by atoms with Crippen molar-refractivity contribution in [3.63, 3.8) is 0 Å². The maximum absolute atomic E-state index is 13.1. The Morgan fingerprint density at radius 3 is 2.50 bits per heavy atom. The van der Waals surface area contributed by atoms with Crippen LogP contribution in [-0.2, 0) is 0 Å². The number of rotatable bonds is 4. The number of halogens is 4. The maximum atomic E-state index is 13.1. The van der Waals surface area contributed by atoms with E-state index >= 15 is 0 Å². The average molecular weight is 262 g/mol. The quantitative estimate of drug-likeness (QED) is 0.614. The maximum Gasteiger partial charge on any atom is 0.454 e. The summed E-state index contributed by atoms with van der Waals surface area (Å²) in [5, 5.41) is 0. The molecule has 2 nitrogen and oxygen atoms in total. The Hall–Kier alpha value is -1.59. The minimum atomic E-state index is -5.01. The van der Waals surface area contributed by atoms with Crippen LogP contribution in [0.3, 0.4) is 0 Å². The second kappa shape index (κ2) is 4.59. The smallest absolute Gasteiger partial charge is 0.454 e. The fourth-order valence-electron chi connectivity index (χ4n) is 1.44. The predicted octanol–water partition coefficient (Wildman–Crippen LogP) is 3.36. The van der Waals surface area contributed by atoms with E-state index in [1.165, 1.54) is 0 Å². The summed E-state index contributed by atoms with van der Waals surface area (Å²) >= 11 is 0. The lowest BCUT2D eigenvalue weighted by atomic mass is 10.1. The minimum Gasteiger partial charge on any atom is -0.493 e. The second-order valence-corrected chi connectivity index (χ2v) is 4.26. The fraction of sp³-hybridized carbons (Fsp3) is 0.417. The molecular weight excluding hydrogens is 252 g/mol. The molecule has 0 radical (unpaired) electrons. The number of ketones is 1. The third kappa shape index (κ3) is 3.21. The summed E-state index contributed by atoms with van der Waals surface area (Å²) in [4.78, 5) is 11.0. The van der Waals surface area contributed by atoms with Crippen molar-refractivity contribution in [2.45, 2.75) is 19.0 Å². The van der Waals surface area contributed by atoms with Gasteiger partial charge in [0.2, 0.25) is 0 Å². The average Bonchev–Trinajstić information content (AvgIpc) is 3.07. The molecule has 1 aromatic rings. The number of carbonyl (C=O) groups is 1. The van der Waals surface area contributed by atoms with E-state index < -0.39 is 23.3 Å². The first-order valence-electron chi connectivity index (χ1n) is 5.41. The van der Waals surface area contributed by atoms with Crippen LogP contribution in [0.4, 0.5) is 17.6 Å². The Bertz CT molecular complexity index is 464. The zero-order chi connectivity index (χ0) is 13.3. The molecule has 0 atom stereocenters. The van der Waals surface area contributed by atoms with Gasteiger partial charge < -0.3 is 4.74 Å². The molecule has 0 heterocycles. The van der Waals surface area contributed by atoms with Crippen molar-refractivity contribution < 1.29 is 27.1 Å². The normalized spacial score (nSPS) is 15.6. The van der Waals surface area contributed by atoms with Crippen molar-refractivity contribution in [1.29, 1.82) is 0 Å². The van der Waals surface area contributed by atoms with Crippen molar-refractivity contribution in [3.05, 3.63) is 29.6 Å². The van der Waals surface area contributed by atoms with E-state index in [9.17, 15) is 22.4 Å². The highest BCUT2D eigenvalue weighted by Crippen LogP contribution is 2.30. The van der Waals surface area contributed by atoms with Gasteiger partial charge >= 0.3 is 6.18 Å². The van der Waals surface area contributed by atoms with Gasteiger partial charge in [-0.25, -0.2) is 4.39 Å². The first-order chi connectivity index (χ1) is 8.36. The first-order valence-corrected chi connectivity index (χ1v) is 5.41. The minimum absolute atomic E-state index is 0.0468. The molecule has 0 saturated heterocycles. The highest BCUT2D eigenvalue weighted by Gasteiger charge is 2.39. The van der Waals surface area contributed by atoms with Crippen LogP contribution in [-0.4, -0.2) is 18.6 Å². The van der Waals surface area contributed by atoms with Gasteiger partial charge in [0.15, 0.2) is 0 Å². The van der Waals surface area contributed by atoms with Gasteiger partial charge in [-0.3, -0.25) is 4.79 Å². The molecule has 98 valence electrons. The molecule has 0 bridgehead atoms. The zero-order valence-electron chi connectivity index (χ0n) is 9.26. The van der Waals surface area contributed by atoms with E-state index in [4.69, 9.17) is 4.74 Å². The number of Topliss-reactive ketones (excluding diaryl/α,β-unsaturated/α-hetero) is 1. The highest BCUT2D eigenvalue weighted by molar-refractivity contribution is 6.00. The standard InChI is InChI=1S/C12H10F4O2/c13-9-3-8(11(17)12(14,15)16)4-10(5-9)18-6-7-1-2-7/h3-5,7H,1-2,6H2. The van der Waals surface area contributed by atoms with Gasteiger partial charge in [-0.05, 0) is 30.9 Å². The molecule has 1 aliphatic carbocycles. The number of hydrogen-bond acceptors (Lipinski definition) is 2. The van der Waals surface area contributed by atoms with Crippen LogP contribution in [0.25, 0.3) is 0 Å². The van der Waals surface area contributed by atoms with Crippen molar-refractivity contribution >= 4 is 5.78 Å². The summed E-state index contributed by atoms with van der Waals surface area (Å²) in [7, 11) is 0. The monoisotopic (exact) mass is 262 g/mol. The Kier molecular flexibility index (Phi) is 3.28. The Morgan fingerprint density at radius 2 is 1.94 bits per heavy atom. The fourth-order valence-corrected chi connectivity index (χ4v) is 1.44. The molecule has 18 heavy (non-hydrogen) atoms. The van der Waals surface area contributed by atoms with E-state index in [-0.39, 0.29) is 5.75 Å². The molecule has 0 unspecified atom stereocenters. The van der Waals surface area contributed by atoms with Gasteiger partial charge in [0.25, 0.3) is 5.78 Å². The van der Waals surface area contributed by atoms with E-state index in [1.54, 1.807) is 0 Å². The van der Waals surface area contributed by atoms with Crippen LogP contribution >= 0.6 is 0 Å². The van der Waals surface area contributed by atoms with Crippen LogP contribution in [0, 0.1) is 11.7 Å². The van der Waals surface area contributed by atoms with Gasteiger partial charge in [-0.15, -0.1) is 0 Å². The molecule has 0 aromatic heterocycles. The van der Waals surface area contributed by atoms with Gasteiger partial charge in [0, 0.05) is 11.6 Å². The molecule has 0 N–H and O–H groups in total. The third-order valence-corrected chi connectivity index (χ3v) is 2.57. The van der Waals surface area contributed by atoms with Gasteiger partial charge in [-0.1, -0.05) is 0 Å². The van der Waals surface area contributed by atoms with E-state index in [0.29, 0.717) is 18.6 Å². The molecule has 0 spiro atoms. The molecule has 0 aliphatic heterocycles. The van der Waals surface area contributed by atoms with Gasteiger partial charge in [0.05, 0.1) is 6.61 Å². The number of benzene rings is 1. The molecular formula is C12H10F4O2. The van der Waals surface area contributed by atoms with Crippen LogP contribution in [0.5, 0.6) is 5.75 Å². The van der Waals surface area contributed by atoms with Crippen LogP contribution in [0.1, 0.15) is 23.2 Å². The molecule has 0 amide bonds. The lowest BCUT2D eigenvalue weighted by molar-refractivity contribution is -0.0885. The Labute approximate surface area is 101 Å². The van der Waals surface area contributed by atoms with Crippen molar-refractivity contribution in [1.82, 2.24) is 0 Å². The second-order valence-electron chi connectivity index (χ2n) is 4.26. The van der Waals surface area contributed by atoms with E-state index in [0.717, 1.165) is 25.0 Å². The van der Waals surface area contributed by atoms with Crippen molar-refractivity contribution in [2.24, 2.45) is 5.92 Å². The summed E-state index contributed by atoms with van der Waals surface area (Å²) in [6.07, 6.45) is -3.01. The number of alkyl halides is 3. The number of ether oxygens (including phenoxy) is 1. The van der Waals surface area contributed by atoms with Crippen molar-refractivity contribution in [2.75, 3.05) is 6.61 Å². The lowest BCUT2D eigenvalue weighted by Crippen LogP contribution is -2.22. The first kappa shape index (κ1) is 12.9. The Morgan fingerprint density at radius 1 is 1.28 bits per heavy atom. The highest BCUT2D eigenvalue weighted by atomic mass is 19.4. The summed E-state index contributed by atoms with van der Waals surface area (Å²) in [6.45, 7) is 0.336. The predicted molar refractivity (Wildman–Crippen MR) is 55.0 cm³/mol. The molecule has 2 rings (SSSR count). The SMILES string of the molecule is O=C(c1cc(F)cc(OCC2CC2)c1)C(F)(F)F. The topological polar surface area (TPSA) is 26.3 Å². The summed E-state index contributed by atoms with van der Waals surface area (Å²) in [5.74, 6) is -2.65. The van der Waals surface area contributed by atoms with Crippen LogP contribution in [0.2, 0.25) is 0 Å². The number of carbonyl (C=O) groups excluding carboxylic acids is 1. The zero-order valence-corrected chi connectivity index (χ0v) is 9.26. The molecule has 6 heteroatoms. The summed E-state index contributed by atoms with van der Waals surface area (Å²) < 4.78 is 54.9. The van der Waals surface area contributed by atoms with Gasteiger partial charge in [0.1, 0.15) is 11.6 Å². The third-order valence-electron chi connectivity index (χ3n) is 2.57. The molecule has 1 saturated carbocycles. The summed E-state index contributed by atoms with van der Waals surface area (Å²) in [5.41, 5.74) is -0.742. The molecule has 1 fully saturated rings. The summed E-state index contributed by atoms with van der Waals surface area (Å²) in [6, 6.07) is 2.44. The lowest BCUT2D eigenvalue weighted by Gasteiger charge is -2.09. The Balaban J connectivity index is 2.17. The van der Waals surface area contributed by atoms with E-state index in [2.05, 4.69) is 0 Å².